The quantitative estimate of drug-likeness (QED) is 0.342. The molecule has 8 nitrogen and oxygen atoms in total. The van der Waals surface area contributed by atoms with Crippen LogP contribution in [-0.2, 0) is 14.3 Å². The van der Waals surface area contributed by atoms with E-state index in [1.54, 1.807) is 14.1 Å². The predicted octanol–water partition coefficient (Wildman–Crippen LogP) is 0.275. The van der Waals surface area contributed by atoms with E-state index in [-0.39, 0.29) is 41.9 Å². The molecule has 2 amide bonds. The zero-order chi connectivity index (χ0) is 18.4. The largest absolute Gasteiger partial charge is 0.368 e. The van der Waals surface area contributed by atoms with Gasteiger partial charge in [0.1, 0.15) is 6.10 Å². The van der Waals surface area contributed by atoms with E-state index >= 15 is 0 Å². The zero-order valence-corrected chi connectivity index (χ0v) is 18.5. The molecule has 2 aliphatic heterocycles. The van der Waals surface area contributed by atoms with Crippen molar-refractivity contribution in [2.75, 3.05) is 53.4 Å². The standard InChI is InChI=1S/C17H31N5O3.HI/c1-17(2,15(24)18-3)12-20-16(19-4)22-9-7-21(8-10-22)14(23)13-6-5-11-25-13;/h13H,5-12H2,1-4H3,(H,18,24)(H,19,20);1H. The average molecular weight is 481 g/mol. The van der Waals surface area contributed by atoms with E-state index in [0.29, 0.717) is 26.2 Å². The van der Waals surface area contributed by atoms with Crippen LogP contribution in [0, 0.1) is 5.41 Å². The molecule has 0 aromatic carbocycles. The number of carbonyl (C=O) groups excluding carboxylic acids is 2. The molecule has 2 fully saturated rings. The van der Waals surface area contributed by atoms with E-state index in [9.17, 15) is 9.59 Å². The number of carbonyl (C=O) groups is 2. The number of guanidine groups is 1. The monoisotopic (exact) mass is 481 g/mol. The molecule has 1 unspecified atom stereocenters. The van der Waals surface area contributed by atoms with Gasteiger partial charge in [-0.3, -0.25) is 14.6 Å². The second kappa shape index (κ2) is 10.3. The Balaban J connectivity index is 0.00000338. The average Bonchev–Trinajstić information content (AvgIpc) is 3.16. The van der Waals surface area contributed by atoms with E-state index in [1.165, 1.54) is 0 Å². The van der Waals surface area contributed by atoms with Gasteiger partial charge in [0.2, 0.25) is 5.91 Å². The van der Waals surface area contributed by atoms with Crippen molar-refractivity contribution in [2.24, 2.45) is 10.4 Å². The van der Waals surface area contributed by atoms with Crippen LogP contribution in [0.3, 0.4) is 0 Å². The summed E-state index contributed by atoms with van der Waals surface area (Å²) in [7, 11) is 3.38. The van der Waals surface area contributed by atoms with Gasteiger partial charge in [-0.2, -0.15) is 0 Å². The van der Waals surface area contributed by atoms with Crippen LogP contribution in [0.25, 0.3) is 0 Å². The zero-order valence-electron chi connectivity index (χ0n) is 16.2. The van der Waals surface area contributed by atoms with Gasteiger partial charge in [-0.05, 0) is 26.7 Å². The van der Waals surface area contributed by atoms with Crippen molar-refractivity contribution in [1.82, 2.24) is 20.4 Å². The molecule has 0 radical (unpaired) electrons. The van der Waals surface area contributed by atoms with E-state index in [2.05, 4.69) is 20.5 Å². The van der Waals surface area contributed by atoms with Gasteiger partial charge in [0.15, 0.2) is 5.96 Å². The number of amides is 2. The highest BCUT2D eigenvalue weighted by atomic mass is 127. The van der Waals surface area contributed by atoms with Crippen molar-refractivity contribution >= 4 is 41.8 Å². The van der Waals surface area contributed by atoms with Crippen LogP contribution >= 0.6 is 24.0 Å². The Kier molecular flexibility index (Phi) is 9.08. The highest BCUT2D eigenvalue weighted by Crippen LogP contribution is 2.16. The first-order valence-electron chi connectivity index (χ1n) is 8.97. The molecule has 0 saturated carbocycles. The van der Waals surface area contributed by atoms with Crippen LogP contribution in [0.2, 0.25) is 0 Å². The van der Waals surface area contributed by atoms with E-state index in [1.807, 2.05) is 18.7 Å². The molecule has 2 saturated heterocycles. The third-order valence-electron chi connectivity index (χ3n) is 4.84. The number of hydrogen-bond acceptors (Lipinski definition) is 4. The molecule has 2 rings (SSSR count). The molecular formula is C17H32IN5O3. The number of piperazine rings is 1. The molecular weight excluding hydrogens is 449 g/mol. The van der Waals surface area contributed by atoms with Crippen LogP contribution in [-0.4, -0.2) is 87.1 Å². The summed E-state index contributed by atoms with van der Waals surface area (Å²) in [5.74, 6) is 0.865. The van der Waals surface area contributed by atoms with Crippen molar-refractivity contribution in [2.45, 2.75) is 32.8 Å². The molecule has 2 heterocycles. The maximum Gasteiger partial charge on any atom is 0.251 e. The molecule has 0 aliphatic carbocycles. The van der Waals surface area contributed by atoms with Crippen molar-refractivity contribution in [1.29, 1.82) is 0 Å². The fraction of sp³-hybridized carbons (Fsp3) is 0.824. The highest BCUT2D eigenvalue weighted by Gasteiger charge is 2.32. The Labute approximate surface area is 173 Å². The minimum Gasteiger partial charge on any atom is -0.368 e. The molecule has 150 valence electrons. The summed E-state index contributed by atoms with van der Waals surface area (Å²) in [6.45, 7) is 7.74. The third-order valence-corrected chi connectivity index (χ3v) is 4.84. The lowest BCUT2D eigenvalue weighted by molar-refractivity contribution is -0.142. The second-order valence-corrected chi connectivity index (χ2v) is 7.18. The number of ether oxygens (including phenoxy) is 1. The first-order valence-corrected chi connectivity index (χ1v) is 8.97. The van der Waals surface area contributed by atoms with Crippen molar-refractivity contribution in [3.05, 3.63) is 0 Å². The summed E-state index contributed by atoms with van der Waals surface area (Å²) >= 11 is 0. The molecule has 0 aromatic heterocycles. The number of halogens is 1. The molecule has 0 spiro atoms. The van der Waals surface area contributed by atoms with Crippen LogP contribution in [0.5, 0.6) is 0 Å². The first-order chi connectivity index (χ1) is 11.9. The number of nitrogens with zero attached hydrogens (tertiary/aromatic N) is 3. The third kappa shape index (κ3) is 5.70. The second-order valence-electron chi connectivity index (χ2n) is 7.18. The Hall–Kier alpha value is -1.10. The smallest absolute Gasteiger partial charge is 0.251 e. The SMILES string of the molecule is CN=C(NCC(C)(C)C(=O)NC)N1CCN(C(=O)C2CCCO2)CC1.I. The van der Waals surface area contributed by atoms with Crippen molar-refractivity contribution in [3.63, 3.8) is 0 Å². The normalized spacial score (nSPS) is 21.2. The first kappa shape index (κ1) is 22.9. The summed E-state index contributed by atoms with van der Waals surface area (Å²) in [4.78, 5) is 32.6. The summed E-state index contributed by atoms with van der Waals surface area (Å²) in [6, 6.07) is 0. The lowest BCUT2D eigenvalue weighted by Gasteiger charge is -2.38. The van der Waals surface area contributed by atoms with Crippen LogP contribution in [0.15, 0.2) is 4.99 Å². The summed E-state index contributed by atoms with van der Waals surface area (Å²) in [6.07, 6.45) is 1.54. The van der Waals surface area contributed by atoms with E-state index in [4.69, 9.17) is 4.74 Å². The van der Waals surface area contributed by atoms with Gasteiger partial charge in [0.05, 0.1) is 5.41 Å². The van der Waals surface area contributed by atoms with Gasteiger partial charge in [0, 0.05) is 53.4 Å². The van der Waals surface area contributed by atoms with Gasteiger partial charge >= 0.3 is 0 Å². The van der Waals surface area contributed by atoms with Crippen LogP contribution in [0.4, 0.5) is 0 Å². The fourth-order valence-electron chi connectivity index (χ4n) is 3.17. The van der Waals surface area contributed by atoms with Crippen LogP contribution < -0.4 is 10.6 Å². The Morgan fingerprint density at radius 1 is 1.19 bits per heavy atom. The van der Waals surface area contributed by atoms with Crippen LogP contribution in [0.1, 0.15) is 26.7 Å². The Morgan fingerprint density at radius 2 is 1.81 bits per heavy atom. The molecule has 26 heavy (non-hydrogen) atoms. The number of hydrogen-bond donors (Lipinski definition) is 2. The lowest BCUT2D eigenvalue weighted by Crippen LogP contribution is -2.56. The summed E-state index contributed by atoms with van der Waals surface area (Å²) < 4.78 is 5.49. The van der Waals surface area contributed by atoms with Gasteiger partial charge < -0.3 is 25.2 Å². The number of rotatable bonds is 4. The maximum atomic E-state index is 12.4. The Morgan fingerprint density at radius 3 is 2.31 bits per heavy atom. The Bertz CT molecular complexity index is 513. The molecule has 2 N–H and O–H groups in total. The van der Waals surface area contributed by atoms with Gasteiger partial charge in [-0.15, -0.1) is 24.0 Å². The molecule has 2 aliphatic rings. The van der Waals surface area contributed by atoms with Crippen molar-refractivity contribution in [3.8, 4) is 0 Å². The molecule has 1 atom stereocenters. The minimum atomic E-state index is -0.526. The van der Waals surface area contributed by atoms with E-state index in [0.717, 1.165) is 31.9 Å². The van der Waals surface area contributed by atoms with E-state index < -0.39 is 5.41 Å². The minimum absolute atomic E-state index is 0. The molecule has 0 aromatic rings. The topological polar surface area (TPSA) is 86.3 Å². The van der Waals surface area contributed by atoms with Gasteiger partial charge in [-0.25, -0.2) is 0 Å². The fourth-order valence-corrected chi connectivity index (χ4v) is 3.17. The molecule has 0 bridgehead atoms. The summed E-state index contributed by atoms with van der Waals surface area (Å²) in [5.41, 5.74) is -0.526. The van der Waals surface area contributed by atoms with Gasteiger partial charge in [-0.1, -0.05) is 0 Å². The predicted molar refractivity (Wildman–Crippen MR) is 112 cm³/mol. The molecule has 9 heteroatoms. The highest BCUT2D eigenvalue weighted by molar-refractivity contribution is 14.0. The van der Waals surface area contributed by atoms with Crippen molar-refractivity contribution < 1.29 is 14.3 Å². The number of nitrogens with one attached hydrogen (secondary N) is 2. The maximum absolute atomic E-state index is 12.4. The lowest BCUT2D eigenvalue weighted by atomic mass is 9.92. The van der Waals surface area contributed by atoms with Gasteiger partial charge in [0.25, 0.3) is 5.91 Å². The number of aliphatic imine (C=N–C) groups is 1. The summed E-state index contributed by atoms with van der Waals surface area (Å²) in [5, 5.41) is 5.96.